The molecule has 0 bridgehead atoms. The normalized spacial score (nSPS) is 25.2. The van der Waals surface area contributed by atoms with E-state index in [1.807, 2.05) is 11.8 Å². The van der Waals surface area contributed by atoms with Gasteiger partial charge >= 0.3 is 0 Å². The van der Waals surface area contributed by atoms with E-state index in [9.17, 15) is 4.79 Å². The molecular weight excluding hydrogens is 176 g/mol. The molecule has 0 aromatic heterocycles. The monoisotopic (exact) mass is 198 g/mol. The van der Waals surface area contributed by atoms with E-state index < -0.39 is 0 Å². The number of carbonyl (C=O) groups excluding carboxylic acids is 1. The van der Waals surface area contributed by atoms with E-state index in [1.54, 1.807) is 0 Å². The molecule has 1 saturated heterocycles. The number of nitrogens with one attached hydrogen (secondary N) is 1. The Hall–Kier alpha value is -0.570. The molecule has 0 aliphatic carbocycles. The minimum absolute atomic E-state index is 0.149. The first-order chi connectivity index (χ1) is 6.54. The van der Waals surface area contributed by atoms with Crippen molar-refractivity contribution in [3.8, 4) is 0 Å². The van der Waals surface area contributed by atoms with E-state index in [-0.39, 0.29) is 5.92 Å². The fraction of sp³-hybridized carbons (Fsp3) is 0.909. The maximum atomic E-state index is 12.0. The van der Waals surface area contributed by atoms with Crippen LogP contribution in [0.25, 0.3) is 0 Å². The summed E-state index contributed by atoms with van der Waals surface area (Å²) in [6.07, 6.45) is 0. The van der Waals surface area contributed by atoms with Crippen molar-refractivity contribution in [2.45, 2.75) is 33.7 Å². The fourth-order valence-electron chi connectivity index (χ4n) is 1.72. The molecule has 1 aliphatic rings. The van der Waals surface area contributed by atoms with Crippen molar-refractivity contribution in [3.05, 3.63) is 0 Å². The number of hydrogen-bond donors (Lipinski definition) is 1. The van der Waals surface area contributed by atoms with Crippen molar-refractivity contribution in [1.29, 1.82) is 0 Å². The Morgan fingerprint density at radius 1 is 1.43 bits per heavy atom. The zero-order valence-corrected chi connectivity index (χ0v) is 9.71. The molecule has 0 spiro atoms. The lowest BCUT2D eigenvalue weighted by Gasteiger charge is -2.36. The number of rotatable bonds is 2. The number of nitrogens with zero attached hydrogens (tertiary/aromatic N) is 1. The van der Waals surface area contributed by atoms with Gasteiger partial charge in [0.2, 0.25) is 5.91 Å². The smallest absolute Gasteiger partial charge is 0.225 e. The van der Waals surface area contributed by atoms with E-state index in [2.05, 4.69) is 26.1 Å². The van der Waals surface area contributed by atoms with Crippen LogP contribution >= 0.6 is 0 Å². The molecule has 1 amide bonds. The molecule has 3 heteroatoms. The highest BCUT2D eigenvalue weighted by Crippen LogP contribution is 2.15. The second-order valence-corrected chi connectivity index (χ2v) is 4.62. The third kappa shape index (κ3) is 2.47. The average Bonchev–Trinajstić information content (AvgIpc) is 2.16. The topological polar surface area (TPSA) is 32.3 Å². The quantitative estimate of drug-likeness (QED) is 0.720. The van der Waals surface area contributed by atoms with Crippen LogP contribution < -0.4 is 5.32 Å². The predicted molar refractivity (Wildman–Crippen MR) is 58.0 cm³/mol. The molecule has 0 aromatic rings. The van der Waals surface area contributed by atoms with E-state index in [4.69, 9.17) is 0 Å². The largest absolute Gasteiger partial charge is 0.337 e. The van der Waals surface area contributed by atoms with Crippen LogP contribution in [-0.4, -0.2) is 36.5 Å². The fourth-order valence-corrected chi connectivity index (χ4v) is 1.72. The summed E-state index contributed by atoms with van der Waals surface area (Å²) in [5.41, 5.74) is 0. The van der Waals surface area contributed by atoms with Gasteiger partial charge in [0.05, 0.1) is 0 Å². The molecule has 0 radical (unpaired) electrons. The zero-order valence-electron chi connectivity index (χ0n) is 9.71. The lowest BCUT2D eigenvalue weighted by atomic mass is 9.95. The van der Waals surface area contributed by atoms with Crippen molar-refractivity contribution in [2.24, 2.45) is 11.8 Å². The number of carbonyl (C=O) groups is 1. The van der Waals surface area contributed by atoms with Crippen molar-refractivity contribution in [2.75, 3.05) is 19.6 Å². The van der Waals surface area contributed by atoms with Gasteiger partial charge < -0.3 is 10.2 Å². The SMILES string of the molecule is CC(C)C(C)C(=O)N1CCNCC1C. The molecule has 1 fully saturated rings. The Labute approximate surface area is 86.9 Å². The molecule has 2 unspecified atom stereocenters. The summed E-state index contributed by atoms with van der Waals surface area (Å²) in [6, 6.07) is 0.345. The Morgan fingerprint density at radius 3 is 2.57 bits per heavy atom. The van der Waals surface area contributed by atoms with E-state index in [1.165, 1.54) is 0 Å². The van der Waals surface area contributed by atoms with Crippen molar-refractivity contribution in [3.63, 3.8) is 0 Å². The van der Waals surface area contributed by atoms with Gasteiger partial charge in [-0.3, -0.25) is 4.79 Å². The summed E-state index contributed by atoms with van der Waals surface area (Å²) in [4.78, 5) is 14.1. The van der Waals surface area contributed by atoms with Gasteiger partial charge in [0.1, 0.15) is 0 Å². The molecule has 3 nitrogen and oxygen atoms in total. The highest BCUT2D eigenvalue weighted by atomic mass is 16.2. The summed E-state index contributed by atoms with van der Waals surface area (Å²) in [5, 5.41) is 3.29. The van der Waals surface area contributed by atoms with Crippen LogP contribution in [0.3, 0.4) is 0 Å². The maximum absolute atomic E-state index is 12.0. The molecular formula is C11H22N2O. The van der Waals surface area contributed by atoms with Crippen LogP contribution in [0.15, 0.2) is 0 Å². The van der Waals surface area contributed by atoms with Crippen LogP contribution in [0.5, 0.6) is 0 Å². The third-order valence-electron chi connectivity index (χ3n) is 3.17. The molecule has 0 saturated carbocycles. The highest BCUT2D eigenvalue weighted by Gasteiger charge is 2.27. The standard InChI is InChI=1S/C11H22N2O/c1-8(2)10(4)11(14)13-6-5-12-7-9(13)3/h8-10,12H,5-7H2,1-4H3. The maximum Gasteiger partial charge on any atom is 0.225 e. The summed E-state index contributed by atoms with van der Waals surface area (Å²) in [7, 11) is 0. The lowest BCUT2D eigenvalue weighted by molar-refractivity contribution is -0.139. The van der Waals surface area contributed by atoms with E-state index >= 15 is 0 Å². The first-order valence-electron chi connectivity index (χ1n) is 5.55. The van der Waals surface area contributed by atoms with Gasteiger partial charge in [0, 0.05) is 31.6 Å². The van der Waals surface area contributed by atoms with E-state index in [0.717, 1.165) is 19.6 Å². The second kappa shape index (κ2) is 4.78. The number of piperazine rings is 1. The van der Waals surface area contributed by atoms with Crippen molar-refractivity contribution < 1.29 is 4.79 Å². The predicted octanol–water partition coefficient (Wildman–Crippen LogP) is 1.10. The summed E-state index contributed by atoms with van der Waals surface area (Å²) < 4.78 is 0. The molecule has 14 heavy (non-hydrogen) atoms. The van der Waals surface area contributed by atoms with Gasteiger partial charge in [0.15, 0.2) is 0 Å². The van der Waals surface area contributed by atoms with Crippen LogP contribution in [0, 0.1) is 11.8 Å². The van der Waals surface area contributed by atoms with Gasteiger partial charge in [-0.1, -0.05) is 20.8 Å². The Balaban J connectivity index is 2.58. The minimum Gasteiger partial charge on any atom is -0.337 e. The number of amides is 1. The minimum atomic E-state index is 0.149. The van der Waals surface area contributed by atoms with Gasteiger partial charge in [-0.25, -0.2) is 0 Å². The van der Waals surface area contributed by atoms with Crippen LogP contribution in [0.4, 0.5) is 0 Å². The second-order valence-electron chi connectivity index (χ2n) is 4.62. The highest BCUT2D eigenvalue weighted by molar-refractivity contribution is 5.79. The van der Waals surface area contributed by atoms with Gasteiger partial charge in [-0.05, 0) is 12.8 Å². The van der Waals surface area contributed by atoms with Crippen LogP contribution in [0.1, 0.15) is 27.7 Å². The number of hydrogen-bond acceptors (Lipinski definition) is 2. The lowest BCUT2D eigenvalue weighted by Crippen LogP contribution is -2.54. The molecule has 82 valence electrons. The molecule has 1 heterocycles. The van der Waals surface area contributed by atoms with Gasteiger partial charge in [-0.15, -0.1) is 0 Å². The summed E-state index contributed by atoms with van der Waals surface area (Å²) in [6.45, 7) is 11.1. The van der Waals surface area contributed by atoms with Gasteiger partial charge in [0.25, 0.3) is 0 Å². The summed E-state index contributed by atoms with van der Waals surface area (Å²) >= 11 is 0. The summed E-state index contributed by atoms with van der Waals surface area (Å²) in [5.74, 6) is 0.897. The Morgan fingerprint density at radius 2 is 2.07 bits per heavy atom. The zero-order chi connectivity index (χ0) is 10.7. The van der Waals surface area contributed by atoms with Crippen molar-refractivity contribution in [1.82, 2.24) is 10.2 Å². The molecule has 2 atom stereocenters. The van der Waals surface area contributed by atoms with Crippen molar-refractivity contribution >= 4 is 5.91 Å². The third-order valence-corrected chi connectivity index (χ3v) is 3.17. The first-order valence-corrected chi connectivity index (χ1v) is 5.55. The molecule has 1 N–H and O–H groups in total. The van der Waals surface area contributed by atoms with Crippen LogP contribution in [-0.2, 0) is 4.79 Å². The Bertz CT molecular complexity index is 203. The Kier molecular flexibility index (Phi) is 3.93. The molecule has 1 aliphatic heterocycles. The molecule has 0 aromatic carbocycles. The average molecular weight is 198 g/mol. The molecule has 1 rings (SSSR count). The van der Waals surface area contributed by atoms with Gasteiger partial charge in [-0.2, -0.15) is 0 Å². The first kappa shape index (κ1) is 11.5. The van der Waals surface area contributed by atoms with Crippen LogP contribution in [0.2, 0.25) is 0 Å². The van der Waals surface area contributed by atoms with E-state index in [0.29, 0.717) is 17.9 Å².